The van der Waals surface area contributed by atoms with E-state index in [4.69, 9.17) is 33.3 Å². The highest BCUT2D eigenvalue weighted by atomic mass is 79.9. The van der Waals surface area contributed by atoms with E-state index in [1.807, 2.05) is 13.0 Å². The monoisotopic (exact) mass is 500 g/mol. The summed E-state index contributed by atoms with van der Waals surface area (Å²) in [6, 6.07) is 8.14. The quantitative estimate of drug-likeness (QED) is 0.405. The van der Waals surface area contributed by atoms with Gasteiger partial charge in [-0.15, -0.1) is 0 Å². The number of aromatic nitrogens is 3. The standard InChI is InChI=1S/C19H19BrClFN4O2S/c1-3-17-24-25-19(29)26(17)23-9-11-13(20)7-8-16(27-2)18(11)28-10-12-14(21)5-4-6-15(12)22/h4-8,23H,3,9-10H2,1-2H3,(H,25,29). The molecule has 6 nitrogen and oxygen atoms in total. The van der Waals surface area contributed by atoms with Gasteiger partial charge >= 0.3 is 0 Å². The molecule has 0 saturated heterocycles. The van der Waals surface area contributed by atoms with Crippen LogP contribution >= 0.6 is 39.7 Å². The van der Waals surface area contributed by atoms with E-state index in [1.54, 1.807) is 30.0 Å². The van der Waals surface area contributed by atoms with Crippen LogP contribution in [0.4, 0.5) is 4.39 Å². The molecule has 154 valence electrons. The lowest BCUT2D eigenvalue weighted by atomic mass is 10.1. The molecule has 1 aromatic heterocycles. The molecular formula is C19H19BrClFN4O2S. The van der Waals surface area contributed by atoms with Gasteiger partial charge in [-0.3, -0.25) is 5.10 Å². The summed E-state index contributed by atoms with van der Waals surface area (Å²) in [6.07, 6.45) is 0.703. The molecule has 0 saturated carbocycles. The van der Waals surface area contributed by atoms with Crippen molar-refractivity contribution in [1.82, 2.24) is 14.9 Å². The smallest absolute Gasteiger partial charge is 0.214 e. The highest BCUT2D eigenvalue weighted by molar-refractivity contribution is 9.10. The van der Waals surface area contributed by atoms with Crippen LogP contribution in [-0.2, 0) is 19.6 Å². The van der Waals surface area contributed by atoms with Crippen LogP contribution in [0.2, 0.25) is 5.02 Å². The van der Waals surface area contributed by atoms with E-state index >= 15 is 0 Å². The molecule has 2 N–H and O–H groups in total. The van der Waals surface area contributed by atoms with E-state index in [1.165, 1.54) is 6.07 Å². The fraction of sp³-hybridized carbons (Fsp3) is 0.263. The van der Waals surface area contributed by atoms with Crippen LogP contribution in [0.15, 0.2) is 34.8 Å². The molecule has 0 spiro atoms. The number of rotatable bonds is 8. The van der Waals surface area contributed by atoms with Gasteiger partial charge in [0.05, 0.1) is 18.7 Å². The number of hydrogen-bond donors (Lipinski definition) is 2. The number of benzene rings is 2. The zero-order chi connectivity index (χ0) is 21.0. The second-order valence-corrected chi connectivity index (χ2v) is 7.66. The summed E-state index contributed by atoms with van der Waals surface area (Å²) >= 11 is 14.9. The third kappa shape index (κ3) is 4.73. The van der Waals surface area contributed by atoms with Crippen molar-refractivity contribution < 1.29 is 13.9 Å². The van der Waals surface area contributed by atoms with Gasteiger partial charge in [-0.25, -0.2) is 9.07 Å². The van der Waals surface area contributed by atoms with Gasteiger partial charge in [-0.2, -0.15) is 5.10 Å². The molecule has 0 aliphatic carbocycles. The molecule has 0 bridgehead atoms. The highest BCUT2D eigenvalue weighted by Gasteiger charge is 2.17. The van der Waals surface area contributed by atoms with Crippen molar-refractivity contribution >= 4 is 39.7 Å². The summed E-state index contributed by atoms with van der Waals surface area (Å²) < 4.78 is 28.5. The first-order chi connectivity index (χ1) is 14.0. The second-order valence-electron chi connectivity index (χ2n) is 6.02. The third-order valence-corrected chi connectivity index (χ3v) is 5.65. The number of nitrogens with one attached hydrogen (secondary N) is 2. The Hall–Kier alpha value is -2.10. The molecule has 29 heavy (non-hydrogen) atoms. The van der Waals surface area contributed by atoms with E-state index in [-0.39, 0.29) is 12.2 Å². The van der Waals surface area contributed by atoms with E-state index in [0.29, 0.717) is 34.3 Å². The van der Waals surface area contributed by atoms with Crippen LogP contribution in [0, 0.1) is 10.6 Å². The second kappa shape index (κ2) is 9.60. The van der Waals surface area contributed by atoms with Crippen molar-refractivity contribution in [3.05, 3.63) is 67.4 Å². The number of aromatic amines is 1. The Labute approximate surface area is 186 Å². The number of nitrogens with zero attached hydrogens (tertiary/aromatic N) is 2. The molecule has 0 aliphatic rings. The summed E-state index contributed by atoms with van der Waals surface area (Å²) in [7, 11) is 1.55. The van der Waals surface area contributed by atoms with E-state index in [0.717, 1.165) is 15.9 Å². The summed E-state index contributed by atoms with van der Waals surface area (Å²) in [4.78, 5) is 0. The lowest BCUT2D eigenvalue weighted by molar-refractivity contribution is 0.276. The van der Waals surface area contributed by atoms with Gasteiger partial charge in [0.1, 0.15) is 12.4 Å². The molecule has 0 atom stereocenters. The number of H-pyrrole nitrogens is 1. The molecular weight excluding hydrogens is 483 g/mol. The maximum atomic E-state index is 14.1. The van der Waals surface area contributed by atoms with Crippen molar-refractivity contribution in [2.45, 2.75) is 26.5 Å². The Morgan fingerprint density at radius 2 is 2.10 bits per heavy atom. The molecule has 2 aromatic carbocycles. The Morgan fingerprint density at radius 3 is 2.79 bits per heavy atom. The van der Waals surface area contributed by atoms with Crippen LogP contribution in [0.1, 0.15) is 23.9 Å². The third-order valence-electron chi connectivity index (χ3n) is 4.28. The Morgan fingerprint density at radius 1 is 1.31 bits per heavy atom. The minimum atomic E-state index is -0.427. The van der Waals surface area contributed by atoms with E-state index < -0.39 is 5.82 Å². The van der Waals surface area contributed by atoms with Crippen LogP contribution < -0.4 is 14.9 Å². The maximum Gasteiger partial charge on any atom is 0.214 e. The highest BCUT2D eigenvalue weighted by Crippen LogP contribution is 2.37. The topological polar surface area (TPSA) is 64.1 Å². The molecule has 0 fully saturated rings. The molecule has 1 heterocycles. The van der Waals surface area contributed by atoms with Crippen molar-refractivity contribution in [2.75, 3.05) is 12.5 Å². The number of aryl methyl sites for hydroxylation is 1. The average molecular weight is 502 g/mol. The Kier molecular flexibility index (Phi) is 7.15. The zero-order valence-electron chi connectivity index (χ0n) is 15.8. The minimum absolute atomic E-state index is 0.0450. The number of ether oxygens (including phenoxy) is 2. The van der Waals surface area contributed by atoms with Crippen LogP contribution in [0.5, 0.6) is 11.5 Å². The van der Waals surface area contributed by atoms with Crippen molar-refractivity contribution in [2.24, 2.45) is 0 Å². The van der Waals surface area contributed by atoms with Gasteiger partial charge in [-0.05, 0) is 36.5 Å². The number of hydrogen-bond acceptors (Lipinski definition) is 5. The van der Waals surface area contributed by atoms with Crippen molar-refractivity contribution in [3.63, 3.8) is 0 Å². The molecule has 3 aromatic rings. The Balaban J connectivity index is 1.91. The lowest BCUT2D eigenvalue weighted by Crippen LogP contribution is -2.18. The largest absolute Gasteiger partial charge is 0.493 e. The molecule has 0 unspecified atom stereocenters. The maximum absolute atomic E-state index is 14.1. The molecule has 0 aliphatic heterocycles. The van der Waals surface area contributed by atoms with Crippen LogP contribution in [-0.4, -0.2) is 22.0 Å². The predicted molar refractivity (Wildman–Crippen MR) is 116 cm³/mol. The predicted octanol–water partition coefficient (Wildman–Crippen LogP) is 5.39. The van der Waals surface area contributed by atoms with Crippen molar-refractivity contribution in [3.8, 4) is 11.5 Å². The van der Waals surface area contributed by atoms with E-state index in [9.17, 15) is 4.39 Å². The molecule has 0 radical (unpaired) electrons. The average Bonchev–Trinajstić information content (AvgIpc) is 3.06. The first-order valence-corrected chi connectivity index (χ1v) is 10.3. The number of methoxy groups -OCH3 is 1. The molecule has 3 rings (SSSR count). The van der Waals surface area contributed by atoms with Gasteiger partial charge in [0, 0.05) is 22.0 Å². The zero-order valence-corrected chi connectivity index (χ0v) is 18.9. The van der Waals surface area contributed by atoms with Crippen LogP contribution in [0.25, 0.3) is 0 Å². The van der Waals surface area contributed by atoms with E-state index in [2.05, 4.69) is 31.6 Å². The van der Waals surface area contributed by atoms with Crippen molar-refractivity contribution in [1.29, 1.82) is 0 Å². The first kappa shape index (κ1) is 21.6. The molecule has 0 amide bonds. The SMILES string of the molecule is CCc1n[nH]c(=S)n1NCc1c(Br)ccc(OC)c1OCc1c(F)cccc1Cl. The summed E-state index contributed by atoms with van der Waals surface area (Å²) in [5, 5.41) is 7.25. The number of halogens is 3. The van der Waals surface area contributed by atoms with Crippen LogP contribution in [0.3, 0.4) is 0 Å². The summed E-state index contributed by atoms with van der Waals surface area (Å²) in [6.45, 7) is 2.30. The van der Waals surface area contributed by atoms with Gasteiger partial charge < -0.3 is 14.9 Å². The summed E-state index contributed by atoms with van der Waals surface area (Å²) in [5.74, 6) is 1.34. The molecule has 10 heteroatoms. The van der Waals surface area contributed by atoms with Gasteiger partial charge in [0.2, 0.25) is 4.77 Å². The van der Waals surface area contributed by atoms with Gasteiger partial charge in [0.25, 0.3) is 0 Å². The normalized spacial score (nSPS) is 10.8. The summed E-state index contributed by atoms with van der Waals surface area (Å²) in [5.41, 5.74) is 4.29. The van der Waals surface area contributed by atoms with Gasteiger partial charge in [0.15, 0.2) is 17.3 Å². The minimum Gasteiger partial charge on any atom is -0.493 e. The fourth-order valence-corrected chi connectivity index (χ4v) is 3.65. The lowest BCUT2D eigenvalue weighted by Gasteiger charge is -2.18. The van der Waals surface area contributed by atoms with Gasteiger partial charge in [-0.1, -0.05) is 40.5 Å². The Bertz CT molecular complexity index is 1050. The fourth-order valence-electron chi connectivity index (χ4n) is 2.77. The first-order valence-electron chi connectivity index (χ1n) is 8.77.